The summed E-state index contributed by atoms with van der Waals surface area (Å²) in [6, 6.07) is 1.81. The fourth-order valence-electron chi connectivity index (χ4n) is 3.51. The van der Waals surface area contributed by atoms with Crippen molar-refractivity contribution >= 4 is 35.4 Å². The van der Waals surface area contributed by atoms with Gasteiger partial charge in [-0.15, -0.1) is 12.4 Å². The van der Waals surface area contributed by atoms with Gasteiger partial charge < -0.3 is 14.5 Å². The van der Waals surface area contributed by atoms with Gasteiger partial charge in [0.25, 0.3) is 0 Å². The summed E-state index contributed by atoms with van der Waals surface area (Å²) in [6.07, 6.45) is 4.13. The van der Waals surface area contributed by atoms with Crippen molar-refractivity contribution in [3.05, 3.63) is 28.6 Å². The molecule has 25 heavy (non-hydrogen) atoms. The van der Waals surface area contributed by atoms with E-state index in [1.54, 1.807) is 0 Å². The van der Waals surface area contributed by atoms with Crippen LogP contribution < -0.4 is 0 Å². The van der Waals surface area contributed by atoms with Gasteiger partial charge in [0.2, 0.25) is 0 Å². The molecule has 7 heteroatoms. The third-order valence-electron chi connectivity index (χ3n) is 4.92. The minimum atomic E-state index is -0.388. The average Bonchev–Trinajstić information content (AvgIpc) is 3.03. The van der Waals surface area contributed by atoms with Crippen LogP contribution in [-0.2, 0) is 27.1 Å². The quantitative estimate of drug-likeness (QED) is 0.840. The van der Waals surface area contributed by atoms with Crippen molar-refractivity contribution in [3.8, 4) is 0 Å². The van der Waals surface area contributed by atoms with Crippen LogP contribution in [0.25, 0.3) is 11.0 Å². The second kappa shape index (κ2) is 7.87. The molecule has 136 valence electrons. The summed E-state index contributed by atoms with van der Waals surface area (Å²) in [5.41, 5.74) is 4.66. The normalized spacial score (nSPS) is 16.0. The summed E-state index contributed by atoms with van der Waals surface area (Å²) in [6.45, 7) is 2.08. The van der Waals surface area contributed by atoms with Crippen LogP contribution in [0, 0.1) is 12.8 Å². The van der Waals surface area contributed by atoms with Gasteiger partial charge in [-0.05, 0) is 55.7 Å². The van der Waals surface area contributed by atoms with E-state index in [1.165, 1.54) is 25.3 Å². The molecule has 6 nitrogen and oxygen atoms in total. The maximum atomic E-state index is 11.7. The number of aromatic nitrogens is 2. The molecule has 0 saturated carbocycles. The number of hydrogen-bond acceptors (Lipinski definition) is 5. The van der Waals surface area contributed by atoms with E-state index in [2.05, 4.69) is 11.9 Å². The molecule has 2 heterocycles. The molecule has 0 aromatic carbocycles. The van der Waals surface area contributed by atoms with Gasteiger partial charge in [-0.2, -0.15) is 0 Å². The molecule has 1 aliphatic rings. The predicted octanol–water partition coefficient (Wildman–Crippen LogP) is 3.14. The third kappa shape index (κ3) is 3.79. The number of aromatic amines is 1. The number of esters is 2. The van der Waals surface area contributed by atoms with Gasteiger partial charge in [0.15, 0.2) is 0 Å². The number of aryl methyl sites for hydroxylation is 1. The molecule has 3 rings (SSSR count). The summed E-state index contributed by atoms with van der Waals surface area (Å²) >= 11 is 0. The number of rotatable bonds is 4. The number of pyridine rings is 1. The average molecular weight is 367 g/mol. The van der Waals surface area contributed by atoms with Crippen molar-refractivity contribution in [2.24, 2.45) is 5.92 Å². The Morgan fingerprint density at radius 2 is 2.08 bits per heavy atom. The first-order valence-electron chi connectivity index (χ1n) is 8.19. The van der Waals surface area contributed by atoms with E-state index in [-0.39, 0.29) is 24.3 Å². The van der Waals surface area contributed by atoms with Gasteiger partial charge in [0.1, 0.15) is 11.3 Å². The zero-order valence-corrected chi connectivity index (χ0v) is 15.5. The molecule has 1 atom stereocenters. The van der Waals surface area contributed by atoms with Crippen LogP contribution in [0.1, 0.15) is 46.6 Å². The van der Waals surface area contributed by atoms with E-state index in [1.807, 2.05) is 6.07 Å². The second-order valence-electron chi connectivity index (χ2n) is 6.32. The van der Waals surface area contributed by atoms with Gasteiger partial charge in [-0.3, -0.25) is 4.79 Å². The lowest BCUT2D eigenvalue weighted by Crippen LogP contribution is -2.18. The Kier molecular flexibility index (Phi) is 6.06. The largest absolute Gasteiger partial charge is 0.469 e. The number of ether oxygens (including phenoxy) is 2. The van der Waals surface area contributed by atoms with Gasteiger partial charge in [-0.25, -0.2) is 9.78 Å². The van der Waals surface area contributed by atoms with Crippen LogP contribution in [0.15, 0.2) is 6.07 Å². The van der Waals surface area contributed by atoms with Crippen molar-refractivity contribution in [1.29, 1.82) is 0 Å². The first kappa shape index (κ1) is 19.2. The highest BCUT2D eigenvalue weighted by Gasteiger charge is 2.24. The number of methoxy groups -OCH3 is 2. The van der Waals surface area contributed by atoms with E-state index in [0.717, 1.165) is 42.4 Å². The highest BCUT2D eigenvalue weighted by Crippen LogP contribution is 2.33. The van der Waals surface area contributed by atoms with Gasteiger partial charge in [0.05, 0.1) is 14.2 Å². The van der Waals surface area contributed by atoms with Crippen LogP contribution in [0.5, 0.6) is 0 Å². The Morgan fingerprint density at radius 1 is 1.32 bits per heavy atom. The summed E-state index contributed by atoms with van der Waals surface area (Å²) in [5.74, 6) is -0.107. The standard InChI is InChI=1S/C18H22N2O4.ClH/c1-10-12-6-4-11(5-7-16(21)23-2)8-14(12)19-17-13(10)9-15(20-17)18(22)24-3;/h9,11H,4-8H2,1-3H3,(H,19,20);1H. The molecule has 0 saturated heterocycles. The van der Waals surface area contributed by atoms with Crippen LogP contribution >= 0.6 is 12.4 Å². The fourth-order valence-corrected chi connectivity index (χ4v) is 3.51. The summed E-state index contributed by atoms with van der Waals surface area (Å²) < 4.78 is 9.49. The molecular formula is C18H23ClN2O4. The van der Waals surface area contributed by atoms with Crippen molar-refractivity contribution < 1.29 is 19.1 Å². The number of nitrogens with zero attached hydrogens (tertiary/aromatic N) is 1. The predicted molar refractivity (Wildman–Crippen MR) is 96.2 cm³/mol. The molecule has 0 radical (unpaired) electrons. The summed E-state index contributed by atoms with van der Waals surface area (Å²) in [4.78, 5) is 30.8. The molecule has 0 amide bonds. The molecule has 2 aromatic rings. The smallest absolute Gasteiger partial charge is 0.354 e. The SMILES string of the molecule is COC(=O)CCC1CCc2c(nc3[nH]c(C(=O)OC)cc3c2C)C1.Cl. The van der Waals surface area contributed by atoms with E-state index in [0.29, 0.717) is 18.0 Å². The van der Waals surface area contributed by atoms with Gasteiger partial charge in [-0.1, -0.05) is 0 Å². The van der Waals surface area contributed by atoms with Crippen LogP contribution in [0.4, 0.5) is 0 Å². The molecule has 0 aliphatic heterocycles. The monoisotopic (exact) mass is 366 g/mol. The van der Waals surface area contributed by atoms with Crippen molar-refractivity contribution in [3.63, 3.8) is 0 Å². The molecular weight excluding hydrogens is 344 g/mol. The number of fused-ring (bicyclic) bond motifs is 2. The molecule has 0 spiro atoms. The lowest BCUT2D eigenvalue weighted by Gasteiger charge is -2.25. The number of nitrogens with one attached hydrogen (secondary N) is 1. The van der Waals surface area contributed by atoms with Gasteiger partial charge >= 0.3 is 11.9 Å². The van der Waals surface area contributed by atoms with Crippen LogP contribution in [0.3, 0.4) is 0 Å². The molecule has 2 aromatic heterocycles. The molecule has 1 N–H and O–H groups in total. The molecule has 1 aliphatic carbocycles. The minimum Gasteiger partial charge on any atom is -0.469 e. The van der Waals surface area contributed by atoms with E-state index in [4.69, 9.17) is 14.5 Å². The third-order valence-corrected chi connectivity index (χ3v) is 4.92. The minimum absolute atomic E-state index is 0. The first-order valence-corrected chi connectivity index (χ1v) is 8.19. The molecule has 0 fully saturated rings. The lowest BCUT2D eigenvalue weighted by molar-refractivity contribution is -0.141. The summed E-state index contributed by atoms with van der Waals surface area (Å²) in [5, 5.41) is 0.974. The van der Waals surface area contributed by atoms with Crippen molar-refractivity contribution in [1.82, 2.24) is 9.97 Å². The topological polar surface area (TPSA) is 81.3 Å². The van der Waals surface area contributed by atoms with E-state index >= 15 is 0 Å². The van der Waals surface area contributed by atoms with Crippen LogP contribution in [-0.4, -0.2) is 36.1 Å². The first-order chi connectivity index (χ1) is 11.5. The number of H-pyrrole nitrogens is 1. The Bertz CT molecular complexity index is 800. The zero-order chi connectivity index (χ0) is 17.3. The maximum Gasteiger partial charge on any atom is 0.354 e. The van der Waals surface area contributed by atoms with Crippen molar-refractivity contribution in [2.75, 3.05) is 14.2 Å². The Labute approximate surface area is 152 Å². The number of carbonyl (C=O) groups is 2. The van der Waals surface area contributed by atoms with Crippen molar-refractivity contribution in [2.45, 2.75) is 39.0 Å². The highest BCUT2D eigenvalue weighted by molar-refractivity contribution is 5.95. The Morgan fingerprint density at radius 3 is 2.76 bits per heavy atom. The molecule has 0 bridgehead atoms. The number of carbonyl (C=O) groups excluding carboxylic acids is 2. The number of halogens is 1. The summed E-state index contributed by atoms with van der Waals surface area (Å²) in [7, 11) is 2.79. The lowest BCUT2D eigenvalue weighted by atomic mass is 9.82. The van der Waals surface area contributed by atoms with E-state index in [9.17, 15) is 9.59 Å². The Hall–Kier alpha value is -2.08. The molecule has 1 unspecified atom stereocenters. The maximum absolute atomic E-state index is 11.7. The van der Waals surface area contributed by atoms with Crippen LogP contribution in [0.2, 0.25) is 0 Å². The zero-order valence-electron chi connectivity index (χ0n) is 14.7. The number of hydrogen-bond donors (Lipinski definition) is 1. The Balaban J connectivity index is 0.00000225. The van der Waals surface area contributed by atoms with Gasteiger partial charge in [0, 0.05) is 17.5 Å². The fraction of sp³-hybridized carbons (Fsp3) is 0.500. The highest BCUT2D eigenvalue weighted by atomic mass is 35.5. The van der Waals surface area contributed by atoms with E-state index < -0.39 is 0 Å². The second-order valence-corrected chi connectivity index (χ2v) is 6.32.